The first kappa shape index (κ1) is 27.5. The molecule has 35 heavy (non-hydrogen) atoms. The second-order valence-electron chi connectivity index (χ2n) is 8.31. The maximum atomic E-state index is 12.7. The number of nitrogens with two attached hydrogens (primary N) is 1. The van der Waals surface area contributed by atoms with E-state index in [0.717, 1.165) is 42.4 Å². The van der Waals surface area contributed by atoms with Gasteiger partial charge in [-0.1, -0.05) is 5.16 Å². The molecule has 3 aliphatic heterocycles. The maximum absolute atomic E-state index is 12.7. The Balaban J connectivity index is 0.00000342. The molecule has 3 fully saturated rings. The van der Waals surface area contributed by atoms with Crippen molar-refractivity contribution in [3.63, 3.8) is 0 Å². The number of nitrogen functional groups attached to an aromatic ring is 1. The first-order chi connectivity index (χ1) is 16.3. The second kappa shape index (κ2) is 11.3. The van der Waals surface area contributed by atoms with Crippen molar-refractivity contribution in [1.82, 2.24) is 20.1 Å². The number of β-lactam (4-membered cyclic amide) rings is 1. The summed E-state index contributed by atoms with van der Waals surface area (Å²) in [4.78, 5) is 56.3. The minimum atomic E-state index is -1.56. The average molecular weight is 535 g/mol. The molecule has 13 nitrogen and oxygen atoms in total. The monoisotopic (exact) mass is 534 g/mol. The minimum Gasteiger partial charge on any atom is -0.549 e. The Morgan fingerprint density at radius 3 is 2.66 bits per heavy atom. The van der Waals surface area contributed by atoms with Crippen molar-refractivity contribution in [2.45, 2.75) is 30.7 Å². The van der Waals surface area contributed by atoms with Crippen molar-refractivity contribution >= 4 is 57.8 Å². The quantitative estimate of drug-likeness (QED) is 0.106. The third-order valence-electron chi connectivity index (χ3n) is 6.03. The van der Waals surface area contributed by atoms with Crippen molar-refractivity contribution in [1.29, 1.82) is 0 Å². The molecule has 4 N–H and O–H groups in total. The van der Waals surface area contributed by atoms with Crippen LogP contribution in [0.5, 0.6) is 0 Å². The van der Waals surface area contributed by atoms with Crippen molar-refractivity contribution in [3.8, 4) is 0 Å². The van der Waals surface area contributed by atoms with Crippen LogP contribution in [0.3, 0.4) is 0 Å². The van der Waals surface area contributed by atoms with Crippen molar-refractivity contribution in [2.24, 2.45) is 10.6 Å². The molecule has 1 aromatic heterocycles. The fourth-order valence-electron chi connectivity index (χ4n) is 4.08. The number of aliphatic carboxylic acids is 1. The molecule has 3 amide bonds. The molecule has 4 heterocycles. The fraction of sp³-hybridized carbons (Fsp3) is 0.579. The summed E-state index contributed by atoms with van der Waals surface area (Å²) in [5, 5.41) is 27.8. The first-order valence-corrected chi connectivity index (χ1v) is 12.5. The van der Waals surface area contributed by atoms with Crippen LogP contribution in [0.1, 0.15) is 25.0 Å². The Bertz CT molecular complexity index is 1030. The van der Waals surface area contributed by atoms with Crippen molar-refractivity contribution in [2.75, 3.05) is 37.7 Å². The Morgan fingerprint density at radius 2 is 2.06 bits per heavy atom. The maximum Gasteiger partial charge on any atom is 1.00 e. The molecule has 0 saturated carbocycles. The summed E-state index contributed by atoms with van der Waals surface area (Å²) in [5.41, 5.74) is 3.65. The average Bonchev–Trinajstić information content (AvgIpc) is 3.27. The number of rotatable bonds is 6. The minimum absolute atomic E-state index is 0. The molecule has 3 aliphatic rings. The predicted molar refractivity (Wildman–Crippen MR) is 119 cm³/mol. The number of carbonyl (C=O) groups is 4. The van der Waals surface area contributed by atoms with Gasteiger partial charge in [0.05, 0.1) is 11.4 Å². The number of hydrogen-bond donors (Lipinski definition) is 3. The van der Waals surface area contributed by atoms with Crippen LogP contribution >= 0.6 is 23.1 Å². The Morgan fingerprint density at radius 1 is 1.34 bits per heavy atom. The van der Waals surface area contributed by atoms with E-state index < -0.39 is 53.0 Å². The third-order valence-corrected chi connectivity index (χ3v) is 8.29. The number of aromatic nitrogens is 1. The van der Waals surface area contributed by atoms with Gasteiger partial charge in [-0.25, -0.2) is 9.78 Å². The van der Waals surface area contributed by atoms with E-state index in [-0.39, 0.29) is 52.7 Å². The number of carboxylic acids is 1. The van der Waals surface area contributed by atoms with E-state index in [1.165, 1.54) is 10.3 Å². The summed E-state index contributed by atoms with van der Waals surface area (Å²) in [7, 11) is 0. The Kier molecular flexibility index (Phi) is 8.91. The molecule has 184 valence electrons. The number of likely N-dealkylation sites (tertiary alicyclic amines) is 1. The third kappa shape index (κ3) is 5.53. The zero-order valence-corrected chi connectivity index (χ0v) is 22.6. The molecule has 0 spiro atoms. The summed E-state index contributed by atoms with van der Waals surface area (Å²) in [5.74, 6) is -2.72. The van der Waals surface area contributed by atoms with Crippen molar-refractivity contribution < 1.29 is 63.8 Å². The van der Waals surface area contributed by atoms with E-state index >= 15 is 0 Å². The number of carbonyl (C=O) groups excluding carboxylic acids is 4. The molecule has 3 atom stereocenters. The molecule has 0 radical (unpaired) electrons. The van der Waals surface area contributed by atoms with E-state index in [2.05, 4.69) is 15.5 Å². The van der Waals surface area contributed by atoms with E-state index in [0.29, 0.717) is 13.1 Å². The number of oxime groups is 1. The van der Waals surface area contributed by atoms with Gasteiger partial charge in [0.25, 0.3) is 5.91 Å². The largest absolute Gasteiger partial charge is 1.00 e. The Hall–Kier alpha value is -2.07. The van der Waals surface area contributed by atoms with Gasteiger partial charge in [0, 0.05) is 30.8 Å². The van der Waals surface area contributed by atoms with Crippen LogP contribution in [0.15, 0.2) is 10.5 Å². The summed E-state index contributed by atoms with van der Waals surface area (Å²) in [6.45, 7) is 0.492. The van der Waals surface area contributed by atoms with Crippen molar-refractivity contribution in [3.05, 3.63) is 11.1 Å². The molecule has 2 unspecified atom stereocenters. The summed E-state index contributed by atoms with van der Waals surface area (Å²) >= 11 is 2.19. The molecular formula is C19H23N6NaO7S2. The van der Waals surface area contributed by atoms with E-state index in [1.54, 1.807) is 4.90 Å². The zero-order chi connectivity index (χ0) is 24.5. The molecule has 0 aliphatic carbocycles. The van der Waals surface area contributed by atoms with Gasteiger partial charge in [-0.15, -0.1) is 23.1 Å². The molecule has 3 saturated heterocycles. The number of hydrogen-bond acceptors (Lipinski definition) is 12. The number of ether oxygens (including phenoxy) is 1. The van der Waals surface area contributed by atoms with Crippen LogP contribution < -0.4 is 45.7 Å². The number of amides is 3. The number of fused-ring (bicyclic) bond motifs is 1. The molecule has 4 rings (SSSR count). The van der Waals surface area contributed by atoms with Gasteiger partial charge >= 0.3 is 35.7 Å². The number of piperidine rings is 1. The Labute approximate surface area is 230 Å². The molecule has 0 aromatic carbocycles. The smallest absolute Gasteiger partial charge is 0.549 e. The van der Waals surface area contributed by atoms with E-state index in [9.17, 15) is 29.5 Å². The zero-order valence-electron chi connectivity index (χ0n) is 19.0. The summed E-state index contributed by atoms with van der Waals surface area (Å²) < 4.78 is 5.30. The number of nitrogens with zero attached hydrogens (tertiary/aromatic N) is 4. The normalized spacial score (nSPS) is 26.2. The van der Waals surface area contributed by atoms with Gasteiger partial charge in [0.2, 0.25) is 5.91 Å². The molecule has 1 aromatic rings. The molecule has 16 heteroatoms. The number of nitrogens with one attached hydrogen (secondary N) is 1. The number of anilines is 1. The molecule has 0 bridgehead atoms. The summed E-state index contributed by atoms with van der Waals surface area (Å²) in [6.07, 6.45) is 2.19. The van der Waals surface area contributed by atoms with Gasteiger partial charge in [0.15, 0.2) is 10.8 Å². The van der Waals surface area contributed by atoms with Gasteiger partial charge in [0.1, 0.15) is 23.7 Å². The number of thioether (sulfide) groups is 1. The first-order valence-electron chi connectivity index (χ1n) is 10.6. The fourth-order valence-corrected chi connectivity index (χ4v) is 6.15. The van der Waals surface area contributed by atoms with Gasteiger partial charge < -0.3 is 40.7 Å². The van der Waals surface area contributed by atoms with Crippen LogP contribution in [0.4, 0.5) is 9.93 Å². The molecular weight excluding hydrogens is 511 g/mol. The van der Waals surface area contributed by atoms with E-state index in [4.69, 9.17) is 10.5 Å². The van der Waals surface area contributed by atoms with Crippen LogP contribution in [-0.4, -0.2) is 93.0 Å². The SMILES string of the molecule is Nc1nc(C(=NO)C(=O)NC2C(=O)N3CC(COC(=O)N4CCCCC4)(C(=O)[O-])CS[C@H]23)cs1.[Na+]. The van der Waals surface area contributed by atoms with Gasteiger partial charge in [-0.05, 0) is 19.3 Å². The van der Waals surface area contributed by atoms with Gasteiger partial charge in [-0.2, -0.15) is 0 Å². The second-order valence-corrected chi connectivity index (χ2v) is 10.3. The van der Waals surface area contributed by atoms with Crippen LogP contribution in [0, 0.1) is 5.41 Å². The number of carboxylic acid groups (broad SMARTS) is 1. The van der Waals surface area contributed by atoms with Crippen LogP contribution in [0.25, 0.3) is 0 Å². The van der Waals surface area contributed by atoms with Crippen LogP contribution in [0.2, 0.25) is 0 Å². The number of thiazole rings is 1. The predicted octanol–water partition coefficient (Wildman–Crippen LogP) is -4.33. The summed E-state index contributed by atoms with van der Waals surface area (Å²) in [6, 6.07) is -0.944. The van der Waals surface area contributed by atoms with E-state index in [1.807, 2.05) is 0 Å². The topological polar surface area (TPSA) is 191 Å². The van der Waals surface area contributed by atoms with Gasteiger partial charge in [-0.3, -0.25) is 9.59 Å². The standard InChI is InChI=1S/C19H24N6O7S2.Na/c20-17-21-10(6-33-17)11(23-31)13(26)22-12-14(27)25-7-19(16(28)29,9-34-15(12)25)8-32-18(30)24-4-2-1-3-5-24;/h6,12,15,31H,1-5,7-9H2,(H2,20,21)(H,22,26)(H,28,29);/q;+1/p-1/t12?,15-,19?;/m1./s1. The van der Waals surface area contributed by atoms with Crippen LogP contribution in [-0.2, 0) is 19.1 Å².